The Kier molecular flexibility index (Phi) is 4.73. The van der Waals surface area contributed by atoms with Crippen LogP contribution in [0.5, 0.6) is 5.75 Å². The molecule has 2 rings (SSSR count). The molecule has 0 bridgehead atoms. The van der Waals surface area contributed by atoms with Crippen LogP contribution < -0.4 is 10.1 Å². The zero-order valence-corrected chi connectivity index (χ0v) is 11.8. The number of nitrogens with one attached hydrogen (secondary N) is 1. The molecule has 5 nitrogen and oxygen atoms in total. The number of hydrogen-bond donors (Lipinski definition) is 2. The van der Waals surface area contributed by atoms with E-state index in [2.05, 4.69) is 5.32 Å². The summed E-state index contributed by atoms with van der Waals surface area (Å²) in [6, 6.07) is 10.3. The number of benzene rings is 2. The molecule has 0 spiro atoms. The van der Waals surface area contributed by atoms with Crippen molar-refractivity contribution in [3.05, 3.63) is 59.4 Å². The quantitative estimate of drug-likeness (QED) is 0.890. The van der Waals surface area contributed by atoms with Gasteiger partial charge in [0.15, 0.2) is 11.6 Å². The molecule has 0 atom stereocenters. The molecule has 2 N–H and O–H groups in total. The fourth-order valence-corrected chi connectivity index (χ4v) is 1.94. The highest BCUT2D eigenvalue weighted by Crippen LogP contribution is 2.19. The highest BCUT2D eigenvalue weighted by molar-refractivity contribution is 6.04. The number of methoxy groups -OCH3 is 1. The van der Waals surface area contributed by atoms with Crippen molar-refractivity contribution in [2.45, 2.75) is 6.42 Å². The number of carboxylic acids is 1. The maximum Gasteiger partial charge on any atom is 0.307 e. The zero-order valence-electron chi connectivity index (χ0n) is 11.8. The van der Waals surface area contributed by atoms with Crippen molar-refractivity contribution < 1.29 is 23.8 Å². The minimum Gasteiger partial charge on any atom is -0.494 e. The van der Waals surface area contributed by atoms with Crippen LogP contribution in [0.1, 0.15) is 15.9 Å². The third kappa shape index (κ3) is 3.82. The number of carboxylic acid groups (broad SMARTS) is 1. The Balaban J connectivity index is 2.16. The fraction of sp³-hybridized carbons (Fsp3) is 0.125. The van der Waals surface area contributed by atoms with Crippen LogP contribution in [0, 0.1) is 5.82 Å². The molecule has 0 radical (unpaired) electrons. The van der Waals surface area contributed by atoms with E-state index in [1.54, 1.807) is 24.3 Å². The van der Waals surface area contributed by atoms with Crippen LogP contribution in [-0.4, -0.2) is 24.1 Å². The van der Waals surface area contributed by atoms with Gasteiger partial charge < -0.3 is 15.2 Å². The lowest BCUT2D eigenvalue weighted by molar-refractivity contribution is -0.136. The fourth-order valence-electron chi connectivity index (χ4n) is 1.94. The van der Waals surface area contributed by atoms with Crippen LogP contribution in [0.2, 0.25) is 0 Å². The lowest BCUT2D eigenvalue weighted by Crippen LogP contribution is -2.12. The monoisotopic (exact) mass is 303 g/mol. The van der Waals surface area contributed by atoms with E-state index in [0.717, 1.165) is 6.07 Å². The largest absolute Gasteiger partial charge is 0.494 e. The van der Waals surface area contributed by atoms with Crippen molar-refractivity contribution in [1.82, 2.24) is 0 Å². The van der Waals surface area contributed by atoms with Crippen LogP contribution in [0.25, 0.3) is 0 Å². The van der Waals surface area contributed by atoms with Gasteiger partial charge in [0.2, 0.25) is 0 Å². The molecule has 0 saturated heterocycles. The Labute approximate surface area is 126 Å². The van der Waals surface area contributed by atoms with Gasteiger partial charge in [-0.25, -0.2) is 4.39 Å². The molecule has 0 saturated carbocycles. The molecule has 1 amide bonds. The third-order valence-corrected chi connectivity index (χ3v) is 2.95. The second-order valence-electron chi connectivity index (χ2n) is 4.57. The van der Waals surface area contributed by atoms with E-state index >= 15 is 0 Å². The molecule has 2 aromatic rings. The highest BCUT2D eigenvalue weighted by atomic mass is 19.1. The second-order valence-corrected chi connectivity index (χ2v) is 4.57. The molecule has 0 aromatic heterocycles. The summed E-state index contributed by atoms with van der Waals surface area (Å²) in [6.45, 7) is 0. The molecule has 0 unspecified atom stereocenters. The van der Waals surface area contributed by atoms with Crippen molar-refractivity contribution in [1.29, 1.82) is 0 Å². The number of carbonyl (C=O) groups excluding carboxylic acids is 1. The van der Waals surface area contributed by atoms with Gasteiger partial charge in [-0.3, -0.25) is 9.59 Å². The summed E-state index contributed by atoms with van der Waals surface area (Å²) >= 11 is 0. The Morgan fingerprint density at radius 1 is 1.23 bits per heavy atom. The van der Waals surface area contributed by atoms with Gasteiger partial charge in [0.05, 0.1) is 13.5 Å². The lowest BCUT2D eigenvalue weighted by Gasteiger charge is -2.08. The van der Waals surface area contributed by atoms with Gasteiger partial charge in [0.25, 0.3) is 5.91 Å². The predicted octanol–water partition coefficient (Wildman–Crippen LogP) is 2.71. The number of aliphatic carboxylic acids is 1. The molecule has 0 heterocycles. The van der Waals surface area contributed by atoms with Crippen molar-refractivity contribution in [3.8, 4) is 5.75 Å². The van der Waals surface area contributed by atoms with E-state index in [4.69, 9.17) is 9.84 Å². The van der Waals surface area contributed by atoms with Gasteiger partial charge in [0.1, 0.15) is 0 Å². The van der Waals surface area contributed by atoms with Gasteiger partial charge in [-0.2, -0.15) is 0 Å². The Morgan fingerprint density at radius 2 is 2.00 bits per heavy atom. The Morgan fingerprint density at radius 3 is 2.68 bits per heavy atom. The molecule has 0 aliphatic heterocycles. The first kappa shape index (κ1) is 15.5. The number of carbonyl (C=O) groups is 2. The summed E-state index contributed by atoms with van der Waals surface area (Å²) in [7, 11) is 1.31. The summed E-state index contributed by atoms with van der Waals surface area (Å²) in [5, 5.41) is 11.4. The first-order valence-electron chi connectivity index (χ1n) is 6.45. The molecular weight excluding hydrogens is 289 g/mol. The van der Waals surface area contributed by atoms with Crippen LogP contribution in [0.15, 0.2) is 42.5 Å². The smallest absolute Gasteiger partial charge is 0.307 e. The van der Waals surface area contributed by atoms with Crippen molar-refractivity contribution >= 4 is 17.6 Å². The topological polar surface area (TPSA) is 75.6 Å². The molecule has 2 aromatic carbocycles. The first-order valence-corrected chi connectivity index (χ1v) is 6.45. The van der Waals surface area contributed by atoms with Crippen molar-refractivity contribution in [2.24, 2.45) is 0 Å². The maximum atomic E-state index is 13.3. The molecular formula is C16H14FNO4. The van der Waals surface area contributed by atoms with E-state index in [0.29, 0.717) is 11.3 Å². The lowest BCUT2D eigenvalue weighted by atomic mass is 10.1. The Hall–Kier alpha value is -2.89. The van der Waals surface area contributed by atoms with Gasteiger partial charge in [-0.15, -0.1) is 0 Å². The maximum absolute atomic E-state index is 13.3. The van der Waals surface area contributed by atoms with E-state index < -0.39 is 17.7 Å². The van der Waals surface area contributed by atoms with Gasteiger partial charge in [-0.1, -0.05) is 12.1 Å². The number of ether oxygens (including phenoxy) is 1. The van der Waals surface area contributed by atoms with E-state index in [-0.39, 0.29) is 17.7 Å². The van der Waals surface area contributed by atoms with E-state index in [9.17, 15) is 14.0 Å². The summed E-state index contributed by atoms with van der Waals surface area (Å²) in [5.41, 5.74) is 1.27. The number of amides is 1. The average molecular weight is 303 g/mol. The number of hydrogen-bond acceptors (Lipinski definition) is 3. The van der Waals surface area contributed by atoms with Gasteiger partial charge in [0, 0.05) is 11.3 Å². The highest BCUT2D eigenvalue weighted by Gasteiger charge is 2.11. The van der Waals surface area contributed by atoms with E-state index in [1.165, 1.54) is 19.2 Å². The standard InChI is InChI=1S/C16H14FNO4/c1-22-14-9-11(5-6-13(14)17)16(21)18-12-4-2-3-10(7-12)8-15(19)20/h2-7,9H,8H2,1H3,(H,18,21)(H,19,20). The minimum atomic E-state index is -0.952. The normalized spacial score (nSPS) is 10.1. The molecule has 0 fully saturated rings. The summed E-state index contributed by atoms with van der Waals surface area (Å²) in [5.74, 6) is -1.97. The van der Waals surface area contributed by atoms with Crippen molar-refractivity contribution in [3.63, 3.8) is 0 Å². The molecule has 114 valence electrons. The third-order valence-electron chi connectivity index (χ3n) is 2.95. The number of halogens is 1. The van der Waals surface area contributed by atoms with Crippen LogP contribution in [0.4, 0.5) is 10.1 Å². The second kappa shape index (κ2) is 6.71. The SMILES string of the molecule is COc1cc(C(=O)Nc2cccc(CC(=O)O)c2)ccc1F. The summed E-state index contributed by atoms with van der Waals surface area (Å²) < 4.78 is 18.2. The zero-order chi connectivity index (χ0) is 16.1. The molecule has 0 aliphatic carbocycles. The molecule has 0 aliphatic rings. The number of rotatable bonds is 5. The summed E-state index contributed by atoms with van der Waals surface area (Å²) in [6.07, 6.45) is -0.131. The predicted molar refractivity (Wildman–Crippen MR) is 78.7 cm³/mol. The van der Waals surface area contributed by atoms with Crippen LogP contribution >= 0.6 is 0 Å². The van der Waals surface area contributed by atoms with Crippen molar-refractivity contribution in [2.75, 3.05) is 12.4 Å². The molecule has 6 heteroatoms. The molecule has 22 heavy (non-hydrogen) atoms. The van der Waals surface area contributed by atoms with Gasteiger partial charge in [-0.05, 0) is 35.9 Å². The van der Waals surface area contributed by atoms with Gasteiger partial charge >= 0.3 is 5.97 Å². The number of anilines is 1. The Bertz CT molecular complexity index is 715. The minimum absolute atomic E-state index is 0.0210. The average Bonchev–Trinajstić information content (AvgIpc) is 2.47. The van der Waals surface area contributed by atoms with Crippen LogP contribution in [0.3, 0.4) is 0 Å². The first-order chi connectivity index (χ1) is 10.5. The van der Waals surface area contributed by atoms with Crippen LogP contribution in [-0.2, 0) is 11.2 Å². The van der Waals surface area contributed by atoms with E-state index in [1.807, 2.05) is 0 Å². The summed E-state index contributed by atoms with van der Waals surface area (Å²) in [4.78, 5) is 22.8.